The SMILES string of the molecule is COc1cccc(CCNC(=O)c2cnc(NC3CCCCCC3)nc2)c1. The number of benzene rings is 1. The summed E-state index contributed by atoms with van der Waals surface area (Å²) in [7, 11) is 1.65. The molecule has 1 fully saturated rings. The first-order valence-electron chi connectivity index (χ1n) is 9.74. The maximum absolute atomic E-state index is 12.3. The van der Waals surface area contributed by atoms with Gasteiger partial charge in [0.2, 0.25) is 5.95 Å². The summed E-state index contributed by atoms with van der Waals surface area (Å²) in [5, 5.41) is 6.31. The molecule has 1 aromatic carbocycles. The molecule has 1 amide bonds. The maximum Gasteiger partial charge on any atom is 0.254 e. The molecule has 6 nitrogen and oxygen atoms in total. The second-order valence-electron chi connectivity index (χ2n) is 6.99. The molecule has 0 saturated heterocycles. The first-order chi connectivity index (χ1) is 13.2. The monoisotopic (exact) mass is 368 g/mol. The summed E-state index contributed by atoms with van der Waals surface area (Å²) in [6.07, 6.45) is 11.4. The predicted octanol–water partition coefficient (Wildman–Crippen LogP) is 3.59. The number of methoxy groups -OCH3 is 1. The Labute approximate surface area is 160 Å². The number of rotatable bonds is 7. The topological polar surface area (TPSA) is 76.1 Å². The van der Waals surface area contributed by atoms with Gasteiger partial charge in [0.05, 0.1) is 12.7 Å². The van der Waals surface area contributed by atoms with Crippen LogP contribution in [0.15, 0.2) is 36.7 Å². The third-order valence-corrected chi connectivity index (χ3v) is 4.94. The lowest BCUT2D eigenvalue weighted by molar-refractivity contribution is 0.0953. The quantitative estimate of drug-likeness (QED) is 0.731. The van der Waals surface area contributed by atoms with E-state index in [1.807, 2.05) is 24.3 Å². The molecule has 0 atom stereocenters. The van der Waals surface area contributed by atoms with Crippen molar-refractivity contribution in [2.45, 2.75) is 51.0 Å². The fraction of sp³-hybridized carbons (Fsp3) is 0.476. The molecule has 6 heteroatoms. The molecule has 1 aliphatic rings. The minimum atomic E-state index is -0.154. The Morgan fingerprint density at radius 3 is 2.59 bits per heavy atom. The number of carbonyl (C=O) groups is 1. The van der Waals surface area contributed by atoms with Crippen LogP contribution in [-0.4, -0.2) is 35.6 Å². The molecule has 3 rings (SSSR count). The molecule has 2 N–H and O–H groups in total. The number of nitrogens with one attached hydrogen (secondary N) is 2. The van der Waals surface area contributed by atoms with E-state index in [-0.39, 0.29) is 5.91 Å². The minimum Gasteiger partial charge on any atom is -0.497 e. The summed E-state index contributed by atoms with van der Waals surface area (Å²) < 4.78 is 5.21. The van der Waals surface area contributed by atoms with Crippen LogP contribution in [0.3, 0.4) is 0 Å². The van der Waals surface area contributed by atoms with E-state index in [2.05, 4.69) is 20.6 Å². The van der Waals surface area contributed by atoms with Gasteiger partial charge in [0.25, 0.3) is 5.91 Å². The lowest BCUT2D eigenvalue weighted by atomic mass is 10.1. The lowest BCUT2D eigenvalue weighted by Gasteiger charge is -2.15. The molecule has 27 heavy (non-hydrogen) atoms. The van der Waals surface area contributed by atoms with Gasteiger partial charge in [-0.2, -0.15) is 0 Å². The molecule has 0 unspecified atom stereocenters. The number of anilines is 1. The normalized spacial score (nSPS) is 15.0. The van der Waals surface area contributed by atoms with Gasteiger partial charge in [0.1, 0.15) is 5.75 Å². The van der Waals surface area contributed by atoms with Crippen molar-refractivity contribution in [3.05, 3.63) is 47.8 Å². The van der Waals surface area contributed by atoms with E-state index in [1.165, 1.54) is 25.7 Å². The number of amides is 1. The first kappa shape index (κ1) is 19.1. The van der Waals surface area contributed by atoms with Crippen molar-refractivity contribution in [3.8, 4) is 5.75 Å². The van der Waals surface area contributed by atoms with E-state index in [4.69, 9.17) is 4.74 Å². The average Bonchev–Trinajstić information content (AvgIpc) is 2.97. The van der Waals surface area contributed by atoms with Gasteiger partial charge in [-0.25, -0.2) is 9.97 Å². The molecule has 0 spiro atoms. The highest BCUT2D eigenvalue weighted by molar-refractivity contribution is 5.93. The van der Waals surface area contributed by atoms with Gasteiger partial charge in [0, 0.05) is 25.0 Å². The molecule has 0 aliphatic heterocycles. The van der Waals surface area contributed by atoms with Gasteiger partial charge < -0.3 is 15.4 Å². The number of carbonyl (C=O) groups excluding carboxylic acids is 1. The summed E-state index contributed by atoms with van der Waals surface area (Å²) in [6, 6.07) is 8.29. The molecule has 1 saturated carbocycles. The molecule has 144 valence electrons. The van der Waals surface area contributed by atoms with Crippen molar-refractivity contribution in [3.63, 3.8) is 0 Å². The van der Waals surface area contributed by atoms with Crippen LogP contribution in [0.1, 0.15) is 54.4 Å². The average molecular weight is 368 g/mol. The summed E-state index contributed by atoms with van der Waals surface area (Å²) in [5.41, 5.74) is 1.60. The predicted molar refractivity (Wildman–Crippen MR) is 106 cm³/mol. The third kappa shape index (κ3) is 5.94. The zero-order valence-corrected chi connectivity index (χ0v) is 15.9. The number of aromatic nitrogens is 2. The van der Waals surface area contributed by atoms with E-state index in [0.717, 1.165) is 30.6 Å². The summed E-state index contributed by atoms with van der Waals surface area (Å²) >= 11 is 0. The highest BCUT2D eigenvalue weighted by Gasteiger charge is 2.13. The van der Waals surface area contributed by atoms with Crippen molar-refractivity contribution in [2.24, 2.45) is 0 Å². The molecule has 1 aromatic heterocycles. The van der Waals surface area contributed by atoms with Crippen molar-refractivity contribution >= 4 is 11.9 Å². The van der Waals surface area contributed by atoms with Gasteiger partial charge in [-0.1, -0.05) is 37.8 Å². The van der Waals surface area contributed by atoms with Crippen LogP contribution >= 0.6 is 0 Å². The first-order valence-corrected chi connectivity index (χ1v) is 9.74. The summed E-state index contributed by atoms with van der Waals surface area (Å²) in [4.78, 5) is 20.9. The Morgan fingerprint density at radius 2 is 1.89 bits per heavy atom. The van der Waals surface area contributed by atoms with Gasteiger partial charge in [-0.05, 0) is 37.0 Å². The largest absolute Gasteiger partial charge is 0.497 e. The zero-order chi connectivity index (χ0) is 18.9. The Balaban J connectivity index is 1.46. The van der Waals surface area contributed by atoms with Crippen molar-refractivity contribution < 1.29 is 9.53 Å². The van der Waals surface area contributed by atoms with Gasteiger partial charge in [-0.15, -0.1) is 0 Å². The molecule has 0 bridgehead atoms. The Morgan fingerprint density at radius 1 is 1.15 bits per heavy atom. The number of nitrogens with zero attached hydrogens (tertiary/aromatic N) is 2. The van der Waals surface area contributed by atoms with Crippen LogP contribution in [-0.2, 0) is 6.42 Å². The van der Waals surface area contributed by atoms with Crippen LogP contribution in [0.2, 0.25) is 0 Å². The molecule has 0 radical (unpaired) electrons. The van der Waals surface area contributed by atoms with Crippen LogP contribution in [0, 0.1) is 0 Å². The molecular formula is C21H28N4O2. The third-order valence-electron chi connectivity index (χ3n) is 4.94. The fourth-order valence-corrected chi connectivity index (χ4v) is 3.38. The molecule has 1 heterocycles. The van der Waals surface area contributed by atoms with Crippen molar-refractivity contribution in [1.29, 1.82) is 0 Å². The van der Waals surface area contributed by atoms with E-state index in [0.29, 0.717) is 24.1 Å². The zero-order valence-electron chi connectivity index (χ0n) is 15.9. The van der Waals surface area contributed by atoms with Gasteiger partial charge in [0.15, 0.2) is 0 Å². The number of hydrogen-bond donors (Lipinski definition) is 2. The second kappa shape index (κ2) is 9.90. The lowest BCUT2D eigenvalue weighted by Crippen LogP contribution is -2.26. The number of ether oxygens (including phenoxy) is 1. The van der Waals surface area contributed by atoms with Crippen LogP contribution in [0.4, 0.5) is 5.95 Å². The summed E-state index contributed by atoms with van der Waals surface area (Å²) in [5.74, 6) is 1.28. The van der Waals surface area contributed by atoms with E-state index >= 15 is 0 Å². The van der Waals surface area contributed by atoms with Gasteiger partial charge in [-0.3, -0.25) is 4.79 Å². The Bertz CT molecular complexity index is 725. The standard InChI is InChI=1S/C21H28N4O2/c1-27-19-10-6-7-16(13-19)11-12-22-20(26)17-14-23-21(24-15-17)25-18-8-4-2-3-5-9-18/h6-7,10,13-15,18H,2-5,8-9,11-12H2,1H3,(H,22,26)(H,23,24,25). The Hall–Kier alpha value is -2.63. The smallest absolute Gasteiger partial charge is 0.254 e. The van der Waals surface area contributed by atoms with E-state index in [9.17, 15) is 4.79 Å². The maximum atomic E-state index is 12.3. The van der Waals surface area contributed by atoms with Crippen LogP contribution in [0.5, 0.6) is 5.75 Å². The van der Waals surface area contributed by atoms with Crippen LogP contribution < -0.4 is 15.4 Å². The number of hydrogen-bond acceptors (Lipinski definition) is 5. The second-order valence-corrected chi connectivity index (χ2v) is 6.99. The fourth-order valence-electron chi connectivity index (χ4n) is 3.38. The summed E-state index contributed by atoms with van der Waals surface area (Å²) in [6.45, 7) is 0.550. The molecule has 2 aromatic rings. The Kier molecular flexibility index (Phi) is 7.02. The van der Waals surface area contributed by atoms with Gasteiger partial charge >= 0.3 is 0 Å². The highest BCUT2D eigenvalue weighted by atomic mass is 16.5. The molecule has 1 aliphatic carbocycles. The van der Waals surface area contributed by atoms with E-state index in [1.54, 1.807) is 19.5 Å². The molecular weight excluding hydrogens is 340 g/mol. The van der Waals surface area contributed by atoms with Crippen LogP contribution in [0.25, 0.3) is 0 Å². The van der Waals surface area contributed by atoms with E-state index < -0.39 is 0 Å². The van der Waals surface area contributed by atoms with Crippen molar-refractivity contribution in [1.82, 2.24) is 15.3 Å². The van der Waals surface area contributed by atoms with Crippen molar-refractivity contribution in [2.75, 3.05) is 19.0 Å². The minimum absolute atomic E-state index is 0.154. The highest BCUT2D eigenvalue weighted by Crippen LogP contribution is 2.19.